The van der Waals surface area contributed by atoms with Crippen LogP contribution in [0.2, 0.25) is 0 Å². The highest BCUT2D eigenvalue weighted by molar-refractivity contribution is 9.10. The smallest absolute Gasteiger partial charge is 0.255 e. The maximum Gasteiger partial charge on any atom is 0.255 e. The van der Waals surface area contributed by atoms with E-state index in [1.54, 1.807) is 6.07 Å². The van der Waals surface area contributed by atoms with Gasteiger partial charge >= 0.3 is 0 Å². The lowest BCUT2D eigenvalue weighted by Crippen LogP contribution is -2.14. The molecule has 0 aromatic heterocycles. The molecule has 0 aliphatic rings. The number of benzene rings is 2. The van der Waals surface area contributed by atoms with E-state index in [1.165, 1.54) is 0 Å². The molecule has 1 amide bonds. The van der Waals surface area contributed by atoms with Gasteiger partial charge < -0.3 is 11.1 Å². The molecule has 0 aliphatic carbocycles. The summed E-state index contributed by atoms with van der Waals surface area (Å²) in [5.74, 6) is -0.127. The summed E-state index contributed by atoms with van der Waals surface area (Å²) < 4.78 is 0.991. The Labute approximate surface area is 127 Å². The van der Waals surface area contributed by atoms with Gasteiger partial charge in [-0.2, -0.15) is 0 Å². The zero-order valence-electron chi connectivity index (χ0n) is 11.8. The first-order chi connectivity index (χ1) is 9.40. The SMILES string of the molecule is Cc1cc(C(=O)Nc2c(C)ccc(N)c2C)ccc1Br. The van der Waals surface area contributed by atoms with Crippen molar-refractivity contribution in [3.63, 3.8) is 0 Å². The summed E-state index contributed by atoms with van der Waals surface area (Å²) in [5.41, 5.74) is 10.9. The topological polar surface area (TPSA) is 55.1 Å². The van der Waals surface area contributed by atoms with Gasteiger partial charge in [-0.05, 0) is 61.7 Å². The van der Waals surface area contributed by atoms with E-state index in [-0.39, 0.29) is 5.91 Å². The van der Waals surface area contributed by atoms with Crippen LogP contribution < -0.4 is 11.1 Å². The minimum atomic E-state index is -0.127. The van der Waals surface area contributed by atoms with E-state index in [1.807, 2.05) is 45.0 Å². The first kappa shape index (κ1) is 14.6. The number of hydrogen-bond acceptors (Lipinski definition) is 2. The molecule has 3 nitrogen and oxygen atoms in total. The first-order valence-electron chi connectivity index (χ1n) is 6.33. The van der Waals surface area contributed by atoms with Crippen LogP contribution in [-0.4, -0.2) is 5.91 Å². The van der Waals surface area contributed by atoms with Gasteiger partial charge in [0.05, 0.1) is 0 Å². The molecule has 4 heteroatoms. The fraction of sp³-hybridized carbons (Fsp3) is 0.188. The molecule has 0 atom stereocenters. The molecule has 104 valence electrons. The molecule has 0 radical (unpaired) electrons. The van der Waals surface area contributed by atoms with Gasteiger partial charge in [0.25, 0.3) is 5.91 Å². The maximum absolute atomic E-state index is 12.3. The van der Waals surface area contributed by atoms with Crippen molar-refractivity contribution < 1.29 is 4.79 Å². The molecule has 0 saturated carbocycles. The number of amides is 1. The second-order valence-corrected chi connectivity index (χ2v) is 5.74. The Morgan fingerprint density at radius 1 is 1.10 bits per heavy atom. The van der Waals surface area contributed by atoms with Crippen LogP contribution in [0.4, 0.5) is 11.4 Å². The van der Waals surface area contributed by atoms with Crippen LogP contribution in [0.5, 0.6) is 0 Å². The second kappa shape index (κ2) is 5.67. The van der Waals surface area contributed by atoms with E-state index in [4.69, 9.17) is 5.73 Å². The van der Waals surface area contributed by atoms with Gasteiger partial charge in [-0.15, -0.1) is 0 Å². The molecule has 20 heavy (non-hydrogen) atoms. The van der Waals surface area contributed by atoms with E-state index < -0.39 is 0 Å². The molecule has 2 aromatic carbocycles. The molecule has 2 rings (SSSR count). The minimum absolute atomic E-state index is 0.127. The fourth-order valence-electron chi connectivity index (χ4n) is 2.03. The van der Waals surface area contributed by atoms with Crippen molar-refractivity contribution in [1.29, 1.82) is 0 Å². The summed E-state index contributed by atoms with van der Waals surface area (Å²) in [6.07, 6.45) is 0. The molecular formula is C16H17BrN2O. The van der Waals surface area contributed by atoms with Crippen molar-refractivity contribution >= 4 is 33.2 Å². The monoisotopic (exact) mass is 332 g/mol. The molecule has 0 aliphatic heterocycles. The number of halogens is 1. The lowest BCUT2D eigenvalue weighted by Gasteiger charge is -2.14. The van der Waals surface area contributed by atoms with Crippen molar-refractivity contribution in [3.05, 3.63) is 57.1 Å². The number of carbonyl (C=O) groups is 1. The Hall–Kier alpha value is -1.81. The van der Waals surface area contributed by atoms with Gasteiger partial charge in [0.1, 0.15) is 0 Å². The molecule has 0 heterocycles. The van der Waals surface area contributed by atoms with Crippen molar-refractivity contribution in [2.75, 3.05) is 11.1 Å². The summed E-state index contributed by atoms with van der Waals surface area (Å²) in [4.78, 5) is 12.3. The Morgan fingerprint density at radius 2 is 1.80 bits per heavy atom. The van der Waals surface area contributed by atoms with Crippen LogP contribution in [0, 0.1) is 20.8 Å². The molecule has 0 spiro atoms. The van der Waals surface area contributed by atoms with E-state index in [2.05, 4.69) is 21.2 Å². The number of hydrogen-bond donors (Lipinski definition) is 2. The van der Waals surface area contributed by atoms with Crippen LogP contribution >= 0.6 is 15.9 Å². The van der Waals surface area contributed by atoms with E-state index in [9.17, 15) is 4.79 Å². The average Bonchev–Trinajstić information content (AvgIpc) is 2.42. The average molecular weight is 333 g/mol. The molecule has 3 N–H and O–H groups in total. The standard InChI is InChI=1S/C16H17BrN2O/c1-9-4-7-14(18)11(3)15(9)19-16(20)12-5-6-13(17)10(2)8-12/h4-8H,18H2,1-3H3,(H,19,20). The van der Waals surface area contributed by atoms with E-state index in [0.717, 1.165) is 26.9 Å². The van der Waals surface area contributed by atoms with E-state index in [0.29, 0.717) is 11.3 Å². The second-order valence-electron chi connectivity index (χ2n) is 4.89. The number of anilines is 2. The van der Waals surface area contributed by atoms with Crippen molar-refractivity contribution in [3.8, 4) is 0 Å². The molecule has 0 unspecified atom stereocenters. The summed E-state index contributed by atoms with van der Waals surface area (Å²) in [7, 11) is 0. The van der Waals surface area contributed by atoms with Gasteiger partial charge in [-0.25, -0.2) is 0 Å². The van der Waals surface area contributed by atoms with Crippen LogP contribution in [-0.2, 0) is 0 Å². The van der Waals surface area contributed by atoms with E-state index >= 15 is 0 Å². The predicted octanol–water partition coefficient (Wildman–Crippen LogP) is 4.21. The predicted molar refractivity (Wildman–Crippen MR) is 87.2 cm³/mol. The Balaban J connectivity index is 2.32. The van der Waals surface area contributed by atoms with Crippen LogP contribution in [0.1, 0.15) is 27.0 Å². The number of aryl methyl sites for hydroxylation is 2. The fourth-order valence-corrected chi connectivity index (χ4v) is 2.27. The quantitative estimate of drug-likeness (QED) is 0.809. The number of nitrogens with two attached hydrogens (primary N) is 1. The number of rotatable bonds is 2. The summed E-state index contributed by atoms with van der Waals surface area (Å²) >= 11 is 3.43. The Kier molecular flexibility index (Phi) is 4.14. The van der Waals surface area contributed by atoms with Crippen molar-refractivity contribution in [1.82, 2.24) is 0 Å². The molecular weight excluding hydrogens is 316 g/mol. The molecule has 0 fully saturated rings. The summed E-state index contributed by atoms with van der Waals surface area (Å²) in [6, 6.07) is 9.29. The zero-order chi connectivity index (χ0) is 14.9. The highest BCUT2D eigenvalue weighted by atomic mass is 79.9. The van der Waals surface area contributed by atoms with Gasteiger partial charge in [-0.3, -0.25) is 4.79 Å². The highest BCUT2D eigenvalue weighted by Gasteiger charge is 2.12. The van der Waals surface area contributed by atoms with Crippen LogP contribution in [0.3, 0.4) is 0 Å². The minimum Gasteiger partial charge on any atom is -0.398 e. The number of nitrogen functional groups attached to an aromatic ring is 1. The largest absolute Gasteiger partial charge is 0.398 e. The van der Waals surface area contributed by atoms with Crippen molar-refractivity contribution in [2.24, 2.45) is 0 Å². The summed E-state index contributed by atoms with van der Waals surface area (Å²) in [6.45, 7) is 5.82. The molecule has 2 aromatic rings. The van der Waals surface area contributed by atoms with Gasteiger partial charge in [0.15, 0.2) is 0 Å². The summed E-state index contributed by atoms with van der Waals surface area (Å²) in [5, 5.41) is 2.95. The third-order valence-electron chi connectivity index (χ3n) is 3.37. The van der Waals surface area contributed by atoms with Crippen LogP contribution in [0.25, 0.3) is 0 Å². The lowest BCUT2D eigenvalue weighted by molar-refractivity contribution is 0.102. The lowest BCUT2D eigenvalue weighted by atomic mass is 10.1. The third-order valence-corrected chi connectivity index (χ3v) is 4.26. The number of carbonyl (C=O) groups excluding carboxylic acids is 1. The van der Waals surface area contributed by atoms with Gasteiger partial charge in [-0.1, -0.05) is 22.0 Å². The number of nitrogens with one attached hydrogen (secondary N) is 1. The third kappa shape index (κ3) is 2.85. The zero-order valence-corrected chi connectivity index (χ0v) is 13.3. The van der Waals surface area contributed by atoms with Gasteiger partial charge in [0.2, 0.25) is 0 Å². The first-order valence-corrected chi connectivity index (χ1v) is 7.12. The normalized spacial score (nSPS) is 10.4. The molecule has 0 bridgehead atoms. The Bertz CT molecular complexity index is 680. The van der Waals surface area contributed by atoms with Gasteiger partial charge in [0, 0.05) is 21.4 Å². The highest BCUT2D eigenvalue weighted by Crippen LogP contribution is 2.26. The Morgan fingerprint density at radius 3 is 2.45 bits per heavy atom. The van der Waals surface area contributed by atoms with Crippen LogP contribution in [0.15, 0.2) is 34.8 Å². The molecule has 0 saturated heterocycles. The maximum atomic E-state index is 12.3. The van der Waals surface area contributed by atoms with Crippen molar-refractivity contribution in [2.45, 2.75) is 20.8 Å².